The van der Waals surface area contributed by atoms with Crippen LogP contribution >= 0.6 is 0 Å². The van der Waals surface area contributed by atoms with Gasteiger partial charge in [-0.3, -0.25) is 5.32 Å². The number of hydrogen-bond acceptors (Lipinski definition) is 10. The molecule has 2 heterocycles. The first-order valence-corrected chi connectivity index (χ1v) is 22.3. The van der Waals surface area contributed by atoms with Crippen molar-refractivity contribution in [1.29, 1.82) is 0 Å². The van der Waals surface area contributed by atoms with E-state index in [9.17, 15) is 4.79 Å². The van der Waals surface area contributed by atoms with Gasteiger partial charge in [0, 0.05) is 47.9 Å². The molecule has 0 aliphatic heterocycles. The first-order valence-electron chi connectivity index (χ1n) is 18.8. The summed E-state index contributed by atoms with van der Waals surface area (Å²) in [6, 6.07) is 28.4. The highest BCUT2D eigenvalue weighted by atomic mass is 28.3. The Bertz CT molecular complexity index is 2260. The number of carbonyl (C=O) groups excluding carboxylic acids is 1. The standard InChI is InChI=1S/C43H50N6O7Si/c1-30-11-13-32(14-12-30)49-40(29-42(48-49)57(4,5)6)47-43(50)45-37-15-16-38(36-10-8-7-9-35(36)37)56-41-17-18-44-39(46-41)27-31-25-33(52-3)28-34(26-31)55-24-23-54-22-21-53-20-19-51-2/h7-18,25-26,28-29H,19-24,27H2,1-6H3,(H2,45,47,50). The third-order valence-corrected chi connectivity index (χ3v) is 10.6. The smallest absolute Gasteiger partial charge is 0.324 e. The number of amides is 2. The first-order chi connectivity index (χ1) is 27.6. The summed E-state index contributed by atoms with van der Waals surface area (Å²) in [6.45, 7) is 11.6. The zero-order valence-electron chi connectivity index (χ0n) is 33.3. The lowest BCUT2D eigenvalue weighted by atomic mass is 10.1. The molecular formula is C43H50N6O7Si. The van der Waals surface area contributed by atoms with Gasteiger partial charge >= 0.3 is 6.03 Å². The fourth-order valence-corrected chi connectivity index (χ4v) is 6.86. The number of methoxy groups -OCH3 is 2. The van der Waals surface area contributed by atoms with Crippen molar-refractivity contribution in [3.63, 3.8) is 0 Å². The number of benzene rings is 4. The molecule has 0 atom stereocenters. The maximum absolute atomic E-state index is 13.5. The van der Waals surface area contributed by atoms with E-state index in [0.717, 1.165) is 32.9 Å². The number of aromatic nitrogens is 4. The van der Waals surface area contributed by atoms with Crippen LogP contribution in [0.1, 0.15) is 17.0 Å². The molecule has 0 saturated carbocycles. The van der Waals surface area contributed by atoms with Crippen LogP contribution in [0.3, 0.4) is 0 Å². The monoisotopic (exact) mass is 790 g/mol. The van der Waals surface area contributed by atoms with Crippen LogP contribution in [0, 0.1) is 6.92 Å². The Balaban J connectivity index is 1.12. The molecule has 0 saturated heterocycles. The lowest BCUT2D eigenvalue weighted by Crippen LogP contribution is -2.39. The minimum Gasteiger partial charge on any atom is -0.497 e. The van der Waals surface area contributed by atoms with E-state index in [0.29, 0.717) is 86.5 Å². The zero-order chi connectivity index (χ0) is 40.2. The number of hydrogen-bond donors (Lipinski definition) is 2. The molecule has 0 spiro atoms. The molecule has 0 radical (unpaired) electrons. The summed E-state index contributed by atoms with van der Waals surface area (Å²) in [4.78, 5) is 22.8. The molecule has 0 bridgehead atoms. The summed E-state index contributed by atoms with van der Waals surface area (Å²) in [5.41, 5.74) is 3.55. The van der Waals surface area contributed by atoms with Crippen molar-refractivity contribution in [3.05, 3.63) is 114 Å². The average molecular weight is 791 g/mol. The zero-order valence-corrected chi connectivity index (χ0v) is 34.3. The maximum atomic E-state index is 13.5. The van der Waals surface area contributed by atoms with E-state index in [1.54, 1.807) is 31.2 Å². The second kappa shape index (κ2) is 19.4. The van der Waals surface area contributed by atoms with Crippen molar-refractivity contribution >= 4 is 41.7 Å². The van der Waals surface area contributed by atoms with Crippen molar-refractivity contribution in [1.82, 2.24) is 19.7 Å². The summed E-state index contributed by atoms with van der Waals surface area (Å²) >= 11 is 0. The first kappa shape index (κ1) is 40.8. The molecule has 6 rings (SSSR count). The normalized spacial score (nSPS) is 11.4. The van der Waals surface area contributed by atoms with Gasteiger partial charge in [0.15, 0.2) is 0 Å². The lowest BCUT2D eigenvalue weighted by Gasteiger charge is -2.14. The van der Waals surface area contributed by atoms with E-state index >= 15 is 0 Å². The van der Waals surface area contributed by atoms with Crippen molar-refractivity contribution in [3.8, 4) is 28.8 Å². The van der Waals surface area contributed by atoms with Gasteiger partial charge in [0.2, 0.25) is 5.88 Å². The van der Waals surface area contributed by atoms with Gasteiger partial charge in [0.1, 0.15) is 43.6 Å². The van der Waals surface area contributed by atoms with Gasteiger partial charge in [-0.15, -0.1) is 0 Å². The maximum Gasteiger partial charge on any atom is 0.324 e. The largest absolute Gasteiger partial charge is 0.497 e. The number of urea groups is 1. The highest BCUT2D eigenvalue weighted by Gasteiger charge is 2.24. The van der Waals surface area contributed by atoms with Crippen LogP contribution in [0.15, 0.2) is 97.2 Å². The molecule has 4 aromatic carbocycles. The van der Waals surface area contributed by atoms with Crippen LogP contribution < -0.4 is 30.2 Å². The van der Waals surface area contributed by atoms with Crippen LogP contribution in [0.5, 0.6) is 23.1 Å². The summed E-state index contributed by atoms with van der Waals surface area (Å²) in [6.07, 6.45) is 2.09. The van der Waals surface area contributed by atoms with E-state index in [-0.39, 0.29) is 6.03 Å². The number of fused-ring (bicyclic) bond motifs is 1. The minimum absolute atomic E-state index is 0.372. The molecule has 6 aromatic rings. The molecule has 2 N–H and O–H groups in total. The molecule has 0 unspecified atom stereocenters. The van der Waals surface area contributed by atoms with E-state index in [1.807, 2.05) is 91.9 Å². The van der Waals surface area contributed by atoms with Crippen LogP contribution in [0.4, 0.5) is 16.3 Å². The Labute approximate surface area is 334 Å². The minimum atomic E-state index is -1.78. The van der Waals surface area contributed by atoms with Crippen molar-refractivity contribution in [2.45, 2.75) is 33.0 Å². The molecule has 2 aromatic heterocycles. The van der Waals surface area contributed by atoms with Gasteiger partial charge in [-0.2, -0.15) is 10.1 Å². The summed E-state index contributed by atoms with van der Waals surface area (Å²) in [7, 11) is 1.48. The van der Waals surface area contributed by atoms with Gasteiger partial charge in [0.25, 0.3) is 0 Å². The number of rotatable bonds is 19. The topological polar surface area (TPSA) is 140 Å². The van der Waals surface area contributed by atoms with Crippen molar-refractivity contribution in [2.24, 2.45) is 0 Å². The third-order valence-electron chi connectivity index (χ3n) is 8.86. The number of ether oxygens (including phenoxy) is 6. The lowest BCUT2D eigenvalue weighted by molar-refractivity contribution is 0.0179. The number of aryl methyl sites for hydroxylation is 1. The second-order valence-corrected chi connectivity index (χ2v) is 19.3. The van der Waals surface area contributed by atoms with Crippen LogP contribution in [-0.2, 0) is 20.6 Å². The molecule has 0 aliphatic rings. The molecule has 2 amide bonds. The molecule has 13 nitrogen and oxygen atoms in total. The second-order valence-electron chi connectivity index (χ2n) is 14.3. The van der Waals surface area contributed by atoms with Crippen molar-refractivity contribution < 1.29 is 33.2 Å². The number of nitrogens with one attached hydrogen (secondary N) is 2. The highest BCUT2D eigenvalue weighted by Crippen LogP contribution is 2.34. The molecule has 0 aliphatic carbocycles. The average Bonchev–Trinajstić information content (AvgIpc) is 3.63. The van der Waals surface area contributed by atoms with E-state index in [1.165, 1.54) is 0 Å². The predicted molar refractivity (Wildman–Crippen MR) is 225 cm³/mol. The molecule has 0 fully saturated rings. The highest BCUT2D eigenvalue weighted by molar-refractivity contribution is 6.88. The van der Waals surface area contributed by atoms with Gasteiger partial charge in [-0.05, 0) is 55.0 Å². The summed E-state index contributed by atoms with van der Waals surface area (Å²) in [5.74, 6) is 3.43. The van der Waals surface area contributed by atoms with Gasteiger partial charge in [0.05, 0.1) is 51.5 Å². The molecule has 14 heteroatoms. The van der Waals surface area contributed by atoms with Gasteiger partial charge < -0.3 is 33.7 Å². The van der Waals surface area contributed by atoms with Crippen LogP contribution in [0.2, 0.25) is 19.6 Å². The Morgan fingerprint density at radius 3 is 2.23 bits per heavy atom. The molecule has 298 valence electrons. The van der Waals surface area contributed by atoms with Crippen LogP contribution in [0.25, 0.3) is 16.5 Å². The predicted octanol–water partition coefficient (Wildman–Crippen LogP) is 7.76. The SMILES string of the molecule is COCCOCCOCCOc1cc(Cc2nccc(Oc3ccc(NC(=O)Nc4cc([Si](C)(C)C)nn4-c4ccc(C)cc4)c4ccccc34)n2)cc(OC)c1. The fraction of sp³-hybridized carbons (Fsp3) is 0.302. The summed E-state index contributed by atoms with van der Waals surface area (Å²) < 4.78 is 35.6. The Hall–Kier alpha value is -5.80. The third kappa shape index (κ3) is 11.4. The number of anilines is 2. The Kier molecular flexibility index (Phi) is 13.9. The van der Waals surface area contributed by atoms with Gasteiger partial charge in [-0.25, -0.2) is 14.5 Å². The molecular weight excluding hydrogens is 741 g/mol. The number of carbonyl (C=O) groups is 1. The Morgan fingerprint density at radius 2 is 1.49 bits per heavy atom. The molecule has 57 heavy (non-hydrogen) atoms. The number of nitrogens with zero attached hydrogens (tertiary/aromatic N) is 4. The van der Waals surface area contributed by atoms with Crippen LogP contribution in [-0.4, -0.2) is 87.7 Å². The van der Waals surface area contributed by atoms with Gasteiger partial charge in [-0.1, -0.05) is 61.6 Å². The Morgan fingerprint density at radius 1 is 0.772 bits per heavy atom. The fourth-order valence-electron chi connectivity index (χ4n) is 5.89. The van der Waals surface area contributed by atoms with E-state index in [2.05, 4.69) is 35.3 Å². The quantitative estimate of drug-likeness (QED) is 0.0618. The van der Waals surface area contributed by atoms with E-state index < -0.39 is 8.07 Å². The summed E-state index contributed by atoms with van der Waals surface area (Å²) in [5, 5.41) is 13.6. The van der Waals surface area contributed by atoms with Crippen molar-refractivity contribution in [2.75, 3.05) is 64.5 Å². The van der Waals surface area contributed by atoms with E-state index in [4.69, 9.17) is 38.5 Å².